The Bertz CT molecular complexity index is 220. The lowest BCUT2D eigenvalue weighted by molar-refractivity contribution is 0.429. The molecular weight excluding hydrogens is 218 g/mol. The van der Waals surface area contributed by atoms with Crippen LogP contribution in [0.5, 0.6) is 0 Å². The van der Waals surface area contributed by atoms with E-state index in [1.165, 1.54) is 25.7 Å². The summed E-state index contributed by atoms with van der Waals surface area (Å²) >= 11 is 1.85. The number of hydrogen-bond donors (Lipinski definition) is 1. The van der Waals surface area contributed by atoms with Crippen molar-refractivity contribution in [2.45, 2.75) is 25.7 Å². The fourth-order valence-electron chi connectivity index (χ4n) is 1.79. The van der Waals surface area contributed by atoms with Gasteiger partial charge in [0.05, 0.1) is 6.54 Å². The van der Waals surface area contributed by atoms with E-state index in [1.807, 2.05) is 17.8 Å². The van der Waals surface area contributed by atoms with Gasteiger partial charge in [0.1, 0.15) is 0 Å². The van der Waals surface area contributed by atoms with Crippen molar-refractivity contribution in [3.05, 3.63) is 12.7 Å². The SMILES string of the molecule is C=CCSCCN=C(N)N1CCCCCC1. The number of rotatable bonds is 5. The van der Waals surface area contributed by atoms with Gasteiger partial charge in [-0.25, -0.2) is 0 Å². The molecule has 1 fully saturated rings. The molecule has 3 nitrogen and oxygen atoms in total. The molecule has 2 N–H and O–H groups in total. The van der Waals surface area contributed by atoms with Gasteiger partial charge in [0, 0.05) is 24.6 Å². The van der Waals surface area contributed by atoms with Crippen LogP contribution in [0.4, 0.5) is 0 Å². The first-order valence-corrected chi connectivity index (χ1v) is 7.23. The van der Waals surface area contributed by atoms with E-state index < -0.39 is 0 Å². The van der Waals surface area contributed by atoms with Crippen LogP contribution in [-0.2, 0) is 0 Å². The lowest BCUT2D eigenvalue weighted by atomic mass is 10.2. The van der Waals surface area contributed by atoms with Gasteiger partial charge in [-0.3, -0.25) is 4.99 Å². The van der Waals surface area contributed by atoms with E-state index in [1.54, 1.807) is 0 Å². The van der Waals surface area contributed by atoms with Crippen LogP contribution in [-0.4, -0.2) is 42.0 Å². The van der Waals surface area contributed by atoms with Gasteiger partial charge in [-0.15, -0.1) is 6.58 Å². The minimum atomic E-state index is 0.737. The van der Waals surface area contributed by atoms with Crippen molar-refractivity contribution < 1.29 is 0 Å². The molecule has 0 amide bonds. The maximum atomic E-state index is 5.98. The predicted octanol–water partition coefficient (Wildman–Crippen LogP) is 2.10. The molecule has 0 spiro atoms. The molecule has 0 radical (unpaired) electrons. The molecule has 0 atom stereocenters. The number of thioether (sulfide) groups is 1. The van der Waals surface area contributed by atoms with Crippen LogP contribution in [0, 0.1) is 0 Å². The molecule has 1 rings (SSSR count). The lowest BCUT2D eigenvalue weighted by Gasteiger charge is -2.20. The quantitative estimate of drug-likeness (QED) is 0.347. The number of hydrogen-bond acceptors (Lipinski definition) is 2. The van der Waals surface area contributed by atoms with Crippen LogP contribution in [0.3, 0.4) is 0 Å². The molecule has 0 aliphatic carbocycles. The molecule has 92 valence electrons. The molecule has 4 heteroatoms. The van der Waals surface area contributed by atoms with Crippen molar-refractivity contribution in [1.82, 2.24) is 4.90 Å². The Balaban J connectivity index is 2.22. The average molecular weight is 241 g/mol. The van der Waals surface area contributed by atoms with E-state index in [0.29, 0.717) is 0 Å². The minimum absolute atomic E-state index is 0.737. The Morgan fingerprint density at radius 3 is 2.62 bits per heavy atom. The van der Waals surface area contributed by atoms with E-state index >= 15 is 0 Å². The molecular formula is C12H23N3S. The van der Waals surface area contributed by atoms with E-state index in [-0.39, 0.29) is 0 Å². The molecule has 0 aromatic rings. The Hall–Kier alpha value is -0.640. The molecule has 0 aromatic heterocycles. The van der Waals surface area contributed by atoms with Crippen LogP contribution >= 0.6 is 11.8 Å². The highest BCUT2D eigenvalue weighted by Gasteiger charge is 2.10. The van der Waals surface area contributed by atoms with Crippen LogP contribution in [0.25, 0.3) is 0 Å². The van der Waals surface area contributed by atoms with Crippen molar-refractivity contribution in [1.29, 1.82) is 0 Å². The number of aliphatic imine (C=N–C) groups is 1. The molecule has 0 saturated carbocycles. The number of nitrogens with zero attached hydrogens (tertiary/aromatic N) is 2. The highest BCUT2D eigenvalue weighted by Crippen LogP contribution is 2.09. The number of nitrogens with two attached hydrogens (primary N) is 1. The second-order valence-corrected chi connectivity index (χ2v) is 5.15. The minimum Gasteiger partial charge on any atom is -0.370 e. The van der Waals surface area contributed by atoms with Gasteiger partial charge in [0.25, 0.3) is 0 Å². The zero-order valence-electron chi connectivity index (χ0n) is 10.0. The lowest BCUT2D eigenvalue weighted by Crippen LogP contribution is -2.38. The molecule has 0 aromatic carbocycles. The van der Waals surface area contributed by atoms with E-state index in [9.17, 15) is 0 Å². The van der Waals surface area contributed by atoms with Crippen molar-refractivity contribution in [2.24, 2.45) is 10.7 Å². The maximum absolute atomic E-state index is 5.98. The first-order chi connectivity index (χ1) is 7.84. The summed E-state index contributed by atoms with van der Waals surface area (Å²) in [6.45, 7) is 6.66. The van der Waals surface area contributed by atoms with Crippen molar-refractivity contribution in [3.8, 4) is 0 Å². The third-order valence-corrected chi connectivity index (χ3v) is 3.62. The largest absolute Gasteiger partial charge is 0.370 e. The summed E-state index contributed by atoms with van der Waals surface area (Å²) in [5.41, 5.74) is 5.98. The second-order valence-electron chi connectivity index (χ2n) is 4.00. The third-order valence-electron chi connectivity index (χ3n) is 2.68. The topological polar surface area (TPSA) is 41.6 Å². The van der Waals surface area contributed by atoms with Crippen molar-refractivity contribution >= 4 is 17.7 Å². The fraction of sp³-hybridized carbons (Fsp3) is 0.750. The second kappa shape index (κ2) is 8.50. The molecule has 1 aliphatic heterocycles. The molecule has 0 unspecified atom stereocenters. The van der Waals surface area contributed by atoms with Crippen LogP contribution < -0.4 is 5.73 Å². The van der Waals surface area contributed by atoms with Gasteiger partial charge in [-0.1, -0.05) is 18.9 Å². The smallest absolute Gasteiger partial charge is 0.191 e. The fourth-order valence-corrected chi connectivity index (χ4v) is 2.34. The van der Waals surface area contributed by atoms with Gasteiger partial charge < -0.3 is 10.6 Å². The first-order valence-electron chi connectivity index (χ1n) is 6.08. The van der Waals surface area contributed by atoms with E-state index in [4.69, 9.17) is 5.73 Å². The molecule has 1 aliphatic rings. The van der Waals surface area contributed by atoms with E-state index in [2.05, 4.69) is 16.5 Å². The van der Waals surface area contributed by atoms with Crippen LogP contribution in [0.2, 0.25) is 0 Å². The van der Waals surface area contributed by atoms with Crippen molar-refractivity contribution in [3.63, 3.8) is 0 Å². The summed E-state index contributed by atoms with van der Waals surface area (Å²) in [4.78, 5) is 6.65. The normalized spacial score (nSPS) is 18.2. The van der Waals surface area contributed by atoms with Crippen molar-refractivity contribution in [2.75, 3.05) is 31.1 Å². The van der Waals surface area contributed by atoms with Gasteiger partial charge in [-0.2, -0.15) is 11.8 Å². The Kier molecular flexibility index (Phi) is 7.14. The molecule has 0 bridgehead atoms. The van der Waals surface area contributed by atoms with Gasteiger partial charge in [-0.05, 0) is 12.8 Å². The molecule has 1 saturated heterocycles. The molecule has 1 heterocycles. The van der Waals surface area contributed by atoms with Gasteiger partial charge in [0.2, 0.25) is 0 Å². The Morgan fingerprint density at radius 1 is 1.31 bits per heavy atom. The third kappa shape index (κ3) is 5.45. The van der Waals surface area contributed by atoms with Crippen LogP contribution in [0.1, 0.15) is 25.7 Å². The summed E-state index contributed by atoms with van der Waals surface area (Å²) in [5, 5.41) is 0. The zero-order valence-corrected chi connectivity index (χ0v) is 10.8. The predicted molar refractivity (Wildman–Crippen MR) is 74.1 cm³/mol. The van der Waals surface area contributed by atoms with Gasteiger partial charge in [0.15, 0.2) is 5.96 Å². The summed E-state index contributed by atoms with van der Waals surface area (Å²) in [7, 11) is 0. The Morgan fingerprint density at radius 2 is 2.00 bits per heavy atom. The summed E-state index contributed by atoms with van der Waals surface area (Å²) in [6, 6.07) is 0. The standard InChI is InChI=1S/C12H23N3S/c1-2-10-16-11-7-14-12(13)15-8-5-3-4-6-9-15/h2H,1,3-11H2,(H2,13,14). The first kappa shape index (κ1) is 13.4. The maximum Gasteiger partial charge on any atom is 0.191 e. The Labute approximate surface area is 103 Å². The van der Waals surface area contributed by atoms with E-state index in [0.717, 1.165) is 37.1 Å². The van der Waals surface area contributed by atoms with Gasteiger partial charge >= 0.3 is 0 Å². The molecule has 16 heavy (non-hydrogen) atoms. The van der Waals surface area contributed by atoms with Crippen LogP contribution in [0.15, 0.2) is 17.6 Å². The zero-order chi connectivity index (χ0) is 11.6. The highest BCUT2D eigenvalue weighted by molar-refractivity contribution is 7.99. The number of likely N-dealkylation sites (tertiary alicyclic amines) is 1. The summed E-state index contributed by atoms with van der Waals surface area (Å²) in [5.74, 6) is 2.76. The summed E-state index contributed by atoms with van der Waals surface area (Å²) in [6.07, 6.45) is 7.09. The number of guanidine groups is 1. The summed E-state index contributed by atoms with van der Waals surface area (Å²) < 4.78 is 0. The highest BCUT2D eigenvalue weighted by atomic mass is 32.2. The average Bonchev–Trinajstić information content (AvgIpc) is 2.57. The monoisotopic (exact) mass is 241 g/mol.